The first-order valence-corrected chi connectivity index (χ1v) is 8.21. The van der Waals surface area contributed by atoms with E-state index in [1.807, 2.05) is 0 Å². The molecule has 2 nitrogen and oxygen atoms in total. The molecule has 3 N–H and O–H groups in total. The monoisotopic (exact) mass is 284 g/mol. The zero-order chi connectivity index (χ0) is 12.5. The van der Waals surface area contributed by atoms with E-state index in [9.17, 15) is 0 Å². The first kappa shape index (κ1) is 12.9. The van der Waals surface area contributed by atoms with Crippen LogP contribution in [0.25, 0.3) is 0 Å². The number of rotatable bonds is 2. The van der Waals surface area contributed by atoms with Gasteiger partial charge in [0.05, 0.1) is 4.34 Å². The van der Waals surface area contributed by atoms with E-state index in [1.165, 1.54) is 55.4 Å². The molecule has 0 amide bonds. The zero-order valence-corrected chi connectivity index (χ0v) is 12.2. The molecule has 100 valence electrons. The lowest BCUT2D eigenvalue weighted by molar-refractivity contribution is 0.303. The van der Waals surface area contributed by atoms with E-state index >= 15 is 0 Å². The standard InChI is InChI=1S/C14H21ClN2S/c15-14-8-11-12(2-1-3-13(11)18-14)17-10-6-4-9(16)5-7-10/h8-10,12,17H,1-7,16H2. The summed E-state index contributed by atoms with van der Waals surface area (Å²) < 4.78 is 0.944. The molecule has 4 heteroatoms. The lowest BCUT2D eigenvalue weighted by atomic mass is 9.88. The molecular formula is C14H21ClN2S. The SMILES string of the molecule is NC1CCC(NC2CCCc3sc(Cl)cc32)CC1. The highest BCUT2D eigenvalue weighted by Crippen LogP contribution is 2.38. The van der Waals surface area contributed by atoms with Gasteiger partial charge in [0.15, 0.2) is 0 Å². The van der Waals surface area contributed by atoms with Crippen molar-refractivity contribution in [3.05, 3.63) is 20.8 Å². The maximum absolute atomic E-state index is 6.15. The van der Waals surface area contributed by atoms with Crippen LogP contribution < -0.4 is 11.1 Å². The highest BCUT2D eigenvalue weighted by Gasteiger charge is 2.26. The molecule has 1 saturated carbocycles. The van der Waals surface area contributed by atoms with Gasteiger partial charge in [0.2, 0.25) is 0 Å². The molecule has 0 saturated heterocycles. The van der Waals surface area contributed by atoms with Crippen LogP contribution >= 0.6 is 22.9 Å². The van der Waals surface area contributed by atoms with Crippen molar-refractivity contribution >= 4 is 22.9 Å². The normalized spacial score (nSPS) is 32.2. The molecule has 2 aliphatic rings. The van der Waals surface area contributed by atoms with Gasteiger partial charge < -0.3 is 11.1 Å². The highest BCUT2D eigenvalue weighted by molar-refractivity contribution is 7.16. The fourth-order valence-corrected chi connectivity index (χ4v) is 4.65. The van der Waals surface area contributed by atoms with Gasteiger partial charge in [-0.2, -0.15) is 0 Å². The van der Waals surface area contributed by atoms with Crippen molar-refractivity contribution < 1.29 is 0 Å². The number of thiophene rings is 1. The number of fused-ring (bicyclic) bond motifs is 1. The Labute approximate surface area is 118 Å². The summed E-state index contributed by atoms with van der Waals surface area (Å²) in [5.41, 5.74) is 7.43. The lowest BCUT2D eigenvalue weighted by Gasteiger charge is -2.32. The molecule has 0 aromatic carbocycles. The molecule has 0 bridgehead atoms. The molecule has 2 aliphatic carbocycles. The second-order valence-electron chi connectivity index (χ2n) is 5.65. The minimum atomic E-state index is 0.431. The van der Waals surface area contributed by atoms with E-state index in [2.05, 4.69) is 11.4 Å². The average molecular weight is 285 g/mol. The van der Waals surface area contributed by atoms with E-state index in [0.717, 1.165) is 4.34 Å². The molecule has 0 radical (unpaired) electrons. The number of halogens is 1. The molecule has 1 heterocycles. The largest absolute Gasteiger partial charge is 0.328 e. The minimum absolute atomic E-state index is 0.431. The molecule has 0 aliphatic heterocycles. The van der Waals surface area contributed by atoms with Gasteiger partial charge in [0.1, 0.15) is 0 Å². The van der Waals surface area contributed by atoms with E-state index in [-0.39, 0.29) is 0 Å². The van der Waals surface area contributed by atoms with Crippen molar-refractivity contribution in [2.24, 2.45) is 5.73 Å². The van der Waals surface area contributed by atoms with Crippen molar-refractivity contribution in [3.8, 4) is 0 Å². The smallest absolute Gasteiger partial charge is 0.0934 e. The first-order chi connectivity index (χ1) is 8.72. The van der Waals surface area contributed by atoms with Crippen LogP contribution in [0.2, 0.25) is 4.34 Å². The summed E-state index contributed by atoms with van der Waals surface area (Å²) in [6, 6.07) is 3.78. The molecule has 1 fully saturated rings. The third-order valence-corrected chi connectivity index (χ3v) is 5.63. The van der Waals surface area contributed by atoms with Crippen LogP contribution in [0, 0.1) is 0 Å². The number of nitrogens with two attached hydrogens (primary N) is 1. The Morgan fingerprint density at radius 3 is 2.78 bits per heavy atom. The molecule has 0 spiro atoms. The summed E-state index contributed by atoms with van der Waals surface area (Å²) in [7, 11) is 0. The average Bonchev–Trinajstić information content (AvgIpc) is 2.73. The maximum Gasteiger partial charge on any atom is 0.0934 e. The second-order valence-corrected chi connectivity index (χ2v) is 7.42. The summed E-state index contributed by atoms with van der Waals surface area (Å²) in [4.78, 5) is 1.50. The quantitative estimate of drug-likeness (QED) is 0.870. The number of hydrogen-bond donors (Lipinski definition) is 2. The fourth-order valence-electron chi connectivity index (χ4n) is 3.26. The van der Waals surface area contributed by atoms with Crippen LogP contribution in [0.15, 0.2) is 6.07 Å². The molecule has 1 aromatic heterocycles. The summed E-state index contributed by atoms with van der Waals surface area (Å²) in [6.07, 6.45) is 8.54. The van der Waals surface area contributed by atoms with Gasteiger partial charge in [-0.3, -0.25) is 0 Å². The first-order valence-electron chi connectivity index (χ1n) is 7.02. The van der Waals surface area contributed by atoms with E-state index in [4.69, 9.17) is 17.3 Å². The number of nitrogens with one attached hydrogen (secondary N) is 1. The number of aryl methyl sites for hydroxylation is 1. The van der Waals surface area contributed by atoms with Crippen molar-refractivity contribution in [2.75, 3.05) is 0 Å². The Hall–Kier alpha value is -0.0900. The van der Waals surface area contributed by atoms with Gasteiger partial charge in [-0.05, 0) is 56.6 Å². The summed E-state index contributed by atoms with van der Waals surface area (Å²) in [6.45, 7) is 0. The van der Waals surface area contributed by atoms with Crippen molar-refractivity contribution in [3.63, 3.8) is 0 Å². The molecule has 18 heavy (non-hydrogen) atoms. The lowest BCUT2D eigenvalue weighted by Crippen LogP contribution is -2.39. The Morgan fingerprint density at radius 2 is 2.00 bits per heavy atom. The Balaban J connectivity index is 1.67. The Kier molecular flexibility index (Phi) is 3.94. The predicted octanol–water partition coefficient (Wildman–Crippen LogP) is 3.64. The maximum atomic E-state index is 6.15. The van der Waals surface area contributed by atoms with Gasteiger partial charge >= 0.3 is 0 Å². The summed E-state index contributed by atoms with van der Waals surface area (Å²) >= 11 is 7.91. The highest BCUT2D eigenvalue weighted by atomic mass is 35.5. The van der Waals surface area contributed by atoms with Crippen LogP contribution in [0.1, 0.15) is 55.0 Å². The van der Waals surface area contributed by atoms with Crippen LogP contribution in [-0.2, 0) is 6.42 Å². The van der Waals surface area contributed by atoms with E-state index in [1.54, 1.807) is 11.3 Å². The van der Waals surface area contributed by atoms with Gasteiger partial charge in [-0.25, -0.2) is 0 Å². The zero-order valence-electron chi connectivity index (χ0n) is 10.6. The molecule has 3 rings (SSSR count). The van der Waals surface area contributed by atoms with Crippen LogP contribution in [-0.4, -0.2) is 12.1 Å². The number of hydrogen-bond acceptors (Lipinski definition) is 3. The van der Waals surface area contributed by atoms with Crippen LogP contribution in [0.3, 0.4) is 0 Å². The summed E-state index contributed by atoms with van der Waals surface area (Å²) in [5.74, 6) is 0. The Bertz CT molecular complexity index is 410. The second kappa shape index (κ2) is 5.49. The van der Waals surface area contributed by atoms with E-state index < -0.39 is 0 Å². The third kappa shape index (κ3) is 2.74. The minimum Gasteiger partial charge on any atom is -0.328 e. The van der Waals surface area contributed by atoms with Gasteiger partial charge in [-0.15, -0.1) is 11.3 Å². The molecule has 1 aromatic rings. The van der Waals surface area contributed by atoms with Crippen molar-refractivity contribution in [2.45, 2.75) is 63.1 Å². The molecular weight excluding hydrogens is 264 g/mol. The van der Waals surface area contributed by atoms with Crippen molar-refractivity contribution in [1.29, 1.82) is 0 Å². The van der Waals surface area contributed by atoms with Gasteiger partial charge in [0, 0.05) is 23.0 Å². The summed E-state index contributed by atoms with van der Waals surface area (Å²) in [5, 5.41) is 3.84. The van der Waals surface area contributed by atoms with Gasteiger partial charge in [0.25, 0.3) is 0 Å². The Morgan fingerprint density at radius 1 is 1.22 bits per heavy atom. The van der Waals surface area contributed by atoms with Crippen LogP contribution in [0.4, 0.5) is 0 Å². The predicted molar refractivity (Wildman–Crippen MR) is 78.4 cm³/mol. The van der Waals surface area contributed by atoms with Crippen molar-refractivity contribution in [1.82, 2.24) is 5.32 Å². The van der Waals surface area contributed by atoms with Crippen LogP contribution in [0.5, 0.6) is 0 Å². The fraction of sp³-hybridized carbons (Fsp3) is 0.714. The van der Waals surface area contributed by atoms with E-state index in [0.29, 0.717) is 18.1 Å². The molecule has 1 atom stereocenters. The third-order valence-electron chi connectivity index (χ3n) is 4.29. The molecule has 1 unspecified atom stereocenters. The topological polar surface area (TPSA) is 38.0 Å². The van der Waals surface area contributed by atoms with Gasteiger partial charge in [-0.1, -0.05) is 11.6 Å².